The fourth-order valence-corrected chi connectivity index (χ4v) is 2.92. The number of carbonyl (C=O) groups is 4. The summed E-state index contributed by atoms with van der Waals surface area (Å²) in [6.07, 6.45) is 7.77. The van der Waals surface area contributed by atoms with E-state index in [1.807, 2.05) is 0 Å². The van der Waals surface area contributed by atoms with Crippen LogP contribution in [0.2, 0.25) is 0 Å². The highest BCUT2D eigenvalue weighted by molar-refractivity contribution is 6.01. The van der Waals surface area contributed by atoms with Gasteiger partial charge in [0.2, 0.25) is 0 Å². The third-order valence-corrected chi connectivity index (χ3v) is 4.60. The standard InChI is InChI=1S/C21H30O8/c1-7-9-13-21(18(24)28-5,19(25)29-6)15-11-10-14-20(12-8-2,16(22)26-3)17(23)27-4/h7-11H,2,12-15H2,1,3-6H3/b9-7+,11-10+. The molecule has 0 atom stereocenters. The molecule has 8 nitrogen and oxygen atoms in total. The minimum Gasteiger partial charge on any atom is -0.468 e. The molecule has 0 spiro atoms. The van der Waals surface area contributed by atoms with Crippen LogP contribution in [0, 0.1) is 10.8 Å². The molecule has 0 radical (unpaired) electrons. The normalized spacial score (nSPS) is 11.9. The lowest BCUT2D eigenvalue weighted by molar-refractivity contribution is -0.170. The van der Waals surface area contributed by atoms with Crippen LogP contribution in [0.25, 0.3) is 0 Å². The molecule has 0 aromatic carbocycles. The first-order valence-corrected chi connectivity index (χ1v) is 8.97. The van der Waals surface area contributed by atoms with E-state index in [1.54, 1.807) is 19.1 Å². The molecule has 0 aromatic heterocycles. The van der Waals surface area contributed by atoms with Crippen LogP contribution < -0.4 is 0 Å². The Kier molecular flexibility index (Phi) is 11.3. The maximum atomic E-state index is 12.4. The van der Waals surface area contributed by atoms with Gasteiger partial charge in [0.1, 0.15) is 0 Å². The minimum atomic E-state index is -1.61. The number of hydrogen-bond acceptors (Lipinski definition) is 8. The van der Waals surface area contributed by atoms with E-state index in [0.29, 0.717) is 0 Å². The van der Waals surface area contributed by atoms with Gasteiger partial charge in [-0.3, -0.25) is 19.2 Å². The molecule has 8 heteroatoms. The van der Waals surface area contributed by atoms with Crippen molar-refractivity contribution in [1.82, 2.24) is 0 Å². The number of ether oxygens (including phenoxy) is 4. The lowest BCUT2D eigenvalue weighted by atomic mass is 9.78. The average molecular weight is 410 g/mol. The maximum absolute atomic E-state index is 12.4. The van der Waals surface area contributed by atoms with Crippen molar-refractivity contribution >= 4 is 23.9 Å². The molecular formula is C21H30O8. The van der Waals surface area contributed by atoms with Gasteiger partial charge in [-0.2, -0.15) is 0 Å². The van der Waals surface area contributed by atoms with Gasteiger partial charge in [0, 0.05) is 0 Å². The number of methoxy groups -OCH3 is 4. The third kappa shape index (κ3) is 6.04. The highest BCUT2D eigenvalue weighted by Gasteiger charge is 2.48. The van der Waals surface area contributed by atoms with Gasteiger partial charge in [0.15, 0.2) is 10.8 Å². The molecule has 0 unspecified atom stereocenters. The molecule has 0 amide bonds. The summed E-state index contributed by atoms with van der Waals surface area (Å²) in [5.41, 5.74) is -3.19. The topological polar surface area (TPSA) is 105 Å². The van der Waals surface area contributed by atoms with E-state index in [2.05, 4.69) is 6.58 Å². The Morgan fingerprint density at radius 3 is 1.24 bits per heavy atom. The third-order valence-electron chi connectivity index (χ3n) is 4.60. The Bertz CT molecular complexity index is 628. The molecule has 0 aliphatic carbocycles. The van der Waals surface area contributed by atoms with Crippen molar-refractivity contribution in [1.29, 1.82) is 0 Å². The van der Waals surface area contributed by atoms with Crippen LogP contribution in [0.3, 0.4) is 0 Å². The second-order valence-corrected chi connectivity index (χ2v) is 6.28. The second-order valence-electron chi connectivity index (χ2n) is 6.28. The maximum Gasteiger partial charge on any atom is 0.323 e. The molecule has 0 rings (SSSR count). The van der Waals surface area contributed by atoms with Crippen LogP contribution in [0.15, 0.2) is 37.0 Å². The largest absolute Gasteiger partial charge is 0.468 e. The SMILES string of the molecule is C=CCC(C/C=C/CC(C/C=C/C)(C(=O)OC)C(=O)OC)(C(=O)OC)C(=O)OC. The summed E-state index contributed by atoms with van der Waals surface area (Å²) in [6.45, 7) is 5.33. The molecule has 0 aliphatic heterocycles. The Morgan fingerprint density at radius 2 is 0.966 bits per heavy atom. The van der Waals surface area contributed by atoms with Gasteiger partial charge in [-0.05, 0) is 32.6 Å². The van der Waals surface area contributed by atoms with E-state index in [9.17, 15) is 19.2 Å². The molecule has 162 valence electrons. The molecule has 0 saturated heterocycles. The van der Waals surface area contributed by atoms with E-state index in [0.717, 1.165) is 0 Å². The molecule has 0 aromatic rings. The molecule has 29 heavy (non-hydrogen) atoms. The zero-order valence-electron chi connectivity index (χ0n) is 17.7. The van der Waals surface area contributed by atoms with Crippen molar-refractivity contribution in [3.05, 3.63) is 37.0 Å². The first kappa shape index (κ1) is 26.1. The molecule has 0 aliphatic rings. The van der Waals surface area contributed by atoms with Gasteiger partial charge >= 0.3 is 23.9 Å². The minimum absolute atomic E-state index is 0.00555. The summed E-state index contributed by atoms with van der Waals surface area (Å²) in [5, 5.41) is 0. The predicted octanol–water partition coefficient (Wildman–Crippen LogP) is 2.53. The van der Waals surface area contributed by atoms with Crippen molar-refractivity contribution in [2.45, 2.75) is 32.6 Å². The predicted molar refractivity (Wildman–Crippen MR) is 106 cm³/mol. The summed E-state index contributed by atoms with van der Waals surface area (Å²) < 4.78 is 19.2. The first-order valence-electron chi connectivity index (χ1n) is 8.97. The van der Waals surface area contributed by atoms with Crippen LogP contribution in [0.1, 0.15) is 32.6 Å². The summed E-state index contributed by atoms with van der Waals surface area (Å²) in [5.74, 6) is -3.03. The summed E-state index contributed by atoms with van der Waals surface area (Å²) in [4.78, 5) is 49.4. The highest BCUT2D eigenvalue weighted by atomic mass is 16.6. The average Bonchev–Trinajstić information content (AvgIpc) is 2.75. The zero-order valence-corrected chi connectivity index (χ0v) is 17.7. The Morgan fingerprint density at radius 1 is 0.655 bits per heavy atom. The molecule has 0 saturated carbocycles. The Labute approximate surface area is 171 Å². The smallest absolute Gasteiger partial charge is 0.323 e. The van der Waals surface area contributed by atoms with E-state index in [1.165, 1.54) is 46.7 Å². The summed E-state index contributed by atoms with van der Waals surface area (Å²) in [7, 11) is 4.71. The van der Waals surface area contributed by atoms with E-state index < -0.39 is 34.7 Å². The van der Waals surface area contributed by atoms with Crippen molar-refractivity contribution < 1.29 is 38.1 Å². The van der Waals surface area contributed by atoms with Crippen molar-refractivity contribution in [2.24, 2.45) is 10.8 Å². The lowest BCUT2D eigenvalue weighted by Crippen LogP contribution is -2.41. The zero-order chi connectivity index (χ0) is 22.5. The van der Waals surface area contributed by atoms with E-state index in [-0.39, 0.29) is 25.7 Å². The van der Waals surface area contributed by atoms with Gasteiger partial charge < -0.3 is 18.9 Å². The van der Waals surface area contributed by atoms with Crippen LogP contribution in [-0.4, -0.2) is 52.3 Å². The monoisotopic (exact) mass is 410 g/mol. The van der Waals surface area contributed by atoms with Gasteiger partial charge in [-0.25, -0.2) is 0 Å². The molecule has 0 N–H and O–H groups in total. The highest BCUT2D eigenvalue weighted by Crippen LogP contribution is 2.34. The van der Waals surface area contributed by atoms with Gasteiger partial charge in [-0.15, -0.1) is 6.58 Å². The van der Waals surface area contributed by atoms with Crippen molar-refractivity contribution in [2.75, 3.05) is 28.4 Å². The van der Waals surface area contributed by atoms with Crippen LogP contribution in [0.4, 0.5) is 0 Å². The van der Waals surface area contributed by atoms with Crippen molar-refractivity contribution in [3.63, 3.8) is 0 Å². The molecule has 0 bridgehead atoms. The fourth-order valence-electron chi connectivity index (χ4n) is 2.92. The van der Waals surface area contributed by atoms with Crippen molar-refractivity contribution in [3.8, 4) is 0 Å². The molecule has 0 fully saturated rings. The first-order chi connectivity index (χ1) is 13.8. The number of rotatable bonds is 12. The number of esters is 4. The summed E-state index contributed by atoms with van der Waals surface area (Å²) in [6, 6.07) is 0. The molecule has 0 heterocycles. The second kappa shape index (κ2) is 12.5. The van der Waals surface area contributed by atoms with Crippen LogP contribution >= 0.6 is 0 Å². The number of hydrogen-bond donors (Lipinski definition) is 0. The van der Waals surface area contributed by atoms with Gasteiger partial charge in [0.25, 0.3) is 0 Å². The Balaban J connectivity index is 5.89. The van der Waals surface area contributed by atoms with Crippen LogP contribution in [-0.2, 0) is 38.1 Å². The Hall–Kier alpha value is -2.90. The number of allylic oxidation sites excluding steroid dienone is 5. The molecular weight excluding hydrogens is 380 g/mol. The lowest BCUT2D eigenvalue weighted by Gasteiger charge is -2.27. The van der Waals surface area contributed by atoms with Gasteiger partial charge in [-0.1, -0.05) is 30.4 Å². The van der Waals surface area contributed by atoms with E-state index >= 15 is 0 Å². The quantitative estimate of drug-likeness (QED) is 0.209. The number of carbonyl (C=O) groups excluding carboxylic acids is 4. The fraction of sp³-hybridized carbons (Fsp3) is 0.524. The van der Waals surface area contributed by atoms with Gasteiger partial charge in [0.05, 0.1) is 28.4 Å². The van der Waals surface area contributed by atoms with Crippen LogP contribution in [0.5, 0.6) is 0 Å². The van der Waals surface area contributed by atoms with E-state index in [4.69, 9.17) is 18.9 Å². The summed E-state index contributed by atoms with van der Waals surface area (Å²) >= 11 is 0.